The molecule has 72 heavy (non-hydrogen) atoms. The van der Waals surface area contributed by atoms with Crippen molar-refractivity contribution in [2.24, 2.45) is 0 Å². The molecule has 4 aromatic rings. The first-order valence-electron chi connectivity index (χ1n) is 26.4. The highest BCUT2D eigenvalue weighted by Crippen LogP contribution is 2.39. The number of phenolic OH excluding ortho intramolecular Hbond substituents is 3. The number of rotatable bonds is 30. The molecule has 0 aliphatic carbocycles. The highest BCUT2D eigenvalue weighted by atomic mass is 16.5. The maximum atomic E-state index is 13.8. The predicted molar refractivity (Wildman–Crippen MR) is 284 cm³/mol. The van der Waals surface area contributed by atoms with Crippen LogP contribution in [-0.4, -0.2) is 119 Å². The van der Waals surface area contributed by atoms with Gasteiger partial charge < -0.3 is 44.2 Å². The minimum atomic E-state index is -1.25. The van der Waals surface area contributed by atoms with Crippen LogP contribution in [0.2, 0.25) is 0 Å². The summed E-state index contributed by atoms with van der Waals surface area (Å²) in [7, 11) is 0. The predicted octanol–water partition coefficient (Wildman–Crippen LogP) is 11.7. The molecule has 3 N–H and O–H groups in total. The lowest BCUT2D eigenvalue weighted by Gasteiger charge is -2.32. The van der Waals surface area contributed by atoms with Crippen molar-refractivity contribution in [1.82, 2.24) is 29.7 Å². The van der Waals surface area contributed by atoms with Crippen molar-refractivity contribution in [2.45, 2.75) is 177 Å². The van der Waals surface area contributed by atoms with Gasteiger partial charge in [-0.05, 0) is 116 Å². The summed E-state index contributed by atoms with van der Waals surface area (Å²) >= 11 is 0. The first-order chi connectivity index (χ1) is 34.2. The van der Waals surface area contributed by atoms with Crippen molar-refractivity contribution in [2.75, 3.05) is 39.3 Å². The smallest absolute Gasteiger partial charge is 0.266 e. The average molecular weight is 997 g/mol. The third-order valence-electron chi connectivity index (χ3n) is 12.5. The van der Waals surface area contributed by atoms with Crippen LogP contribution >= 0.6 is 0 Å². The maximum Gasteiger partial charge on any atom is 0.266 e. The van der Waals surface area contributed by atoms with Crippen LogP contribution in [0.25, 0.3) is 34.2 Å². The monoisotopic (exact) mass is 997 g/mol. The number of aromatic nitrogens is 3. The van der Waals surface area contributed by atoms with E-state index in [2.05, 4.69) is 41.5 Å². The van der Waals surface area contributed by atoms with E-state index in [1.807, 2.05) is 14.7 Å². The van der Waals surface area contributed by atoms with Crippen LogP contribution in [0.15, 0.2) is 54.6 Å². The van der Waals surface area contributed by atoms with Crippen LogP contribution in [0, 0.1) is 0 Å². The van der Waals surface area contributed by atoms with Crippen LogP contribution in [0.1, 0.15) is 160 Å². The van der Waals surface area contributed by atoms with Crippen LogP contribution < -0.4 is 14.2 Å². The SMILES string of the molecule is CCCCN(CCCC)C(=O)C(C)(C)Oc1ccc(-c2nc(-c3ccc(OC(C)(C)C(=O)N(CCCC)CCCC)cc3O)nc(-c3ccc(OC(C)(C)C(=O)N(CCCC)CCCC)cc3O)n2)c(O)c1. The lowest BCUT2D eigenvalue weighted by Crippen LogP contribution is -2.49. The van der Waals surface area contributed by atoms with Gasteiger partial charge in [-0.25, -0.2) is 15.0 Å². The van der Waals surface area contributed by atoms with Gasteiger partial charge in [0.2, 0.25) is 0 Å². The molecule has 0 saturated heterocycles. The van der Waals surface area contributed by atoms with Crippen molar-refractivity contribution in [1.29, 1.82) is 0 Å². The quantitative estimate of drug-likeness (QED) is 0.0449. The standard InChI is InChI=1S/C57H84N6O9/c1-13-19-31-61(32-20-14-2)52(67)55(7,8)70-40-25-28-43(46(64)37-40)49-58-50(44-29-26-41(38-47(44)65)71-56(9,10)53(68)62(33-21-15-3)34-22-16-4)60-51(59-49)45-30-27-42(39-48(45)66)72-57(11,12)54(69)63(35-23-17-5)36-24-18-6/h25-30,37-39,64-66H,13-24,31-36H2,1-12H3. The number of aromatic hydroxyl groups is 3. The molecule has 1 aromatic heterocycles. The lowest BCUT2D eigenvalue weighted by molar-refractivity contribution is -0.146. The normalized spacial score (nSPS) is 11.8. The van der Waals surface area contributed by atoms with Crippen molar-refractivity contribution >= 4 is 17.7 Å². The fraction of sp³-hybridized carbons (Fsp3) is 0.579. The second-order valence-electron chi connectivity index (χ2n) is 20.2. The summed E-state index contributed by atoms with van der Waals surface area (Å²) < 4.78 is 18.8. The summed E-state index contributed by atoms with van der Waals surface area (Å²) in [6.07, 6.45) is 10.9. The molecule has 0 unspecified atom stereocenters. The van der Waals surface area contributed by atoms with Crippen molar-refractivity contribution < 1.29 is 43.9 Å². The number of amides is 3. The largest absolute Gasteiger partial charge is 0.507 e. The number of phenols is 3. The molecule has 1 heterocycles. The van der Waals surface area contributed by atoms with Crippen molar-refractivity contribution in [3.8, 4) is 68.7 Å². The fourth-order valence-corrected chi connectivity index (χ4v) is 8.23. The number of hydrogen-bond donors (Lipinski definition) is 3. The first-order valence-corrected chi connectivity index (χ1v) is 26.4. The number of hydrogen-bond acceptors (Lipinski definition) is 12. The Balaban J connectivity index is 1.78. The van der Waals surface area contributed by atoms with Gasteiger partial charge in [-0.3, -0.25) is 14.4 Å². The van der Waals surface area contributed by atoms with E-state index in [4.69, 9.17) is 29.2 Å². The van der Waals surface area contributed by atoms with E-state index in [1.54, 1.807) is 77.9 Å². The number of unbranched alkanes of at least 4 members (excludes halogenated alkanes) is 6. The van der Waals surface area contributed by atoms with E-state index in [-0.39, 0.29) is 86.4 Å². The summed E-state index contributed by atoms with van der Waals surface area (Å²) in [5.41, 5.74) is -3.22. The Bertz CT molecular complexity index is 2110. The first kappa shape index (κ1) is 58.5. The lowest BCUT2D eigenvalue weighted by atomic mass is 10.1. The number of benzene rings is 3. The van der Waals surface area contributed by atoms with Crippen molar-refractivity contribution in [3.63, 3.8) is 0 Å². The molecule has 396 valence electrons. The summed E-state index contributed by atoms with van der Waals surface area (Å²) in [5, 5.41) is 34.9. The molecular formula is C57H84N6O9. The van der Waals surface area contributed by atoms with E-state index >= 15 is 0 Å². The third kappa shape index (κ3) is 15.9. The molecule has 0 fully saturated rings. The molecule has 15 heteroatoms. The topological polar surface area (TPSA) is 188 Å². The van der Waals surface area contributed by atoms with E-state index in [1.165, 1.54) is 18.2 Å². The number of nitrogens with zero attached hydrogens (tertiary/aromatic N) is 6. The maximum absolute atomic E-state index is 13.8. The molecule has 3 aromatic carbocycles. The molecule has 0 saturated carbocycles. The molecular weight excluding hydrogens is 913 g/mol. The van der Waals surface area contributed by atoms with Gasteiger partial charge in [0, 0.05) is 57.5 Å². The summed E-state index contributed by atoms with van der Waals surface area (Å²) in [6, 6.07) is 13.7. The van der Waals surface area contributed by atoms with E-state index in [9.17, 15) is 29.7 Å². The zero-order valence-electron chi connectivity index (χ0n) is 45.4. The average Bonchev–Trinajstić information content (AvgIpc) is 3.33. The van der Waals surface area contributed by atoms with Crippen LogP contribution in [-0.2, 0) is 14.4 Å². The third-order valence-corrected chi connectivity index (χ3v) is 12.5. The second kappa shape index (κ2) is 27.1. The molecule has 0 aliphatic rings. The molecule has 4 rings (SSSR count). The minimum absolute atomic E-state index is 0.00361. The minimum Gasteiger partial charge on any atom is -0.507 e. The Morgan fingerprint density at radius 2 is 0.611 bits per heavy atom. The summed E-state index contributed by atoms with van der Waals surface area (Å²) in [6.45, 7) is 26.5. The Kier molecular flexibility index (Phi) is 22.0. The Morgan fingerprint density at radius 1 is 0.403 bits per heavy atom. The van der Waals surface area contributed by atoms with Gasteiger partial charge in [0.1, 0.15) is 34.5 Å². The molecule has 0 aliphatic heterocycles. The molecule has 0 radical (unpaired) electrons. The number of carbonyl (C=O) groups is 3. The highest BCUT2D eigenvalue weighted by Gasteiger charge is 2.37. The fourth-order valence-electron chi connectivity index (χ4n) is 8.23. The van der Waals surface area contributed by atoms with Crippen LogP contribution in [0.4, 0.5) is 0 Å². The Labute approximate surface area is 429 Å². The molecule has 0 atom stereocenters. The summed E-state index contributed by atoms with van der Waals surface area (Å²) in [5.74, 6) is -0.504. The zero-order valence-corrected chi connectivity index (χ0v) is 45.4. The van der Waals surface area contributed by atoms with E-state index < -0.39 is 16.8 Å². The number of carbonyl (C=O) groups excluding carboxylic acids is 3. The van der Waals surface area contributed by atoms with Gasteiger partial charge in [0.25, 0.3) is 17.7 Å². The van der Waals surface area contributed by atoms with Gasteiger partial charge in [-0.15, -0.1) is 0 Å². The Hall–Kier alpha value is -6.12. The Morgan fingerprint density at radius 3 is 0.792 bits per heavy atom. The van der Waals surface area contributed by atoms with E-state index in [0.29, 0.717) is 39.3 Å². The molecule has 0 bridgehead atoms. The highest BCUT2D eigenvalue weighted by molar-refractivity contribution is 5.86. The van der Waals surface area contributed by atoms with E-state index in [0.717, 1.165) is 77.0 Å². The van der Waals surface area contributed by atoms with Crippen LogP contribution in [0.5, 0.6) is 34.5 Å². The second-order valence-corrected chi connectivity index (χ2v) is 20.2. The van der Waals surface area contributed by atoms with Gasteiger partial charge >= 0.3 is 0 Å². The molecule has 15 nitrogen and oxygen atoms in total. The van der Waals surface area contributed by atoms with Crippen molar-refractivity contribution in [3.05, 3.63) is 54.6 Å². The summed E-state index contributed by atoms with van der Waals surface area (Å²) in [4.78, 5) is 61.1. The van der Waals surface area contributed by atoms with Gasteiger partial charge in [-0.1, -0.05) is 80.1 Å². The zero-order chi connectivity index (χ0) is 53.2. The van der Waals surface area contributed by atoms with Crippen LogP contribution in [0.3, 0.4) is 0 Å². The van der Waals surface area contributed by atoms with Gasteiger partial charge in [0.15, 0.2) is 34.3 Å². The van der Waals surface area contributed by atoms with Gasteiger partial charge in [-0.2, -0.15) is 0 Å². The molecule has 3 amide bonds. The number of ether oxygens (including phenoxy) is 3. The molecule has 0 spiro atoms. The van der Waals surface area contributed by atoms with Gasteiger partial charge in [0.05, 0.1) is 16.7 Å².